The molecule has 21 heavy (non-hydrogen) atoms. The molecule has 0 bridgehead atoms. The molecule has 1 fully saturated rings. The maximum atomic E-state index is 12.7. The molecule has 1 aliphatic heterocycles. The lowest BCUT2D eigenvalue weighted by atomic mass is 9.70. The molecule has 2 nitrogen and oxygen atoms in total. The van der Waals surface area contributed by atoms with Crippen molar-refractivity contribution in [2.45, 2.75) is 39.0 Å². The van der Waals surface area contributed by atoms with Crippen molar-refractivity contribution in [2.75, 3.05) is 13.2 Å². The summed E-state index contributed by atoms with van der Waals surface area (Å²) in [5.41, 5.74) is 5.75. The Hall–Kier alpha value is -1.67. The summed E-state index contributed by atoms with van der Waals surface area (Å²) in [7, 11) is 0. The van der Waals surface area contributed by atoms with Crippen LogP contribution < -0.4 is 0 Å². The summed E-state index contributed by atoms with van der Waals surface area (Å²) in [5, 5.41) is 0. The normalized spacial score (nSPS) is 33.6. The van der Waals surface area contributed by atoms with Crippen LogP contribution in [0.25, 0.3) is 0 Å². The van der Waals surface area contributed by atoms with Crippen LogP contribution in [0.2, 0.25) is 0 Å². The Morgan fingerprint density at radius 3 is 2.38 bits per heavy atom. The quantitative estimate of drug-likeness (QED) is 0.779. The van der Waals surface area contributed by atoms with Gasteiger partial charge in [-0.2, -0.15) is 0 Å². The van der Waals surface area contributed by atoms with Crippen molar-refractivity contribution < 1.29 is 9.53 Å². The summed E-state index contributed by atoms with van der Waals surface area (Å²) in [6.45, 7) is 7.59. The third-order valence-corrected chi connectivity index (χ3v) is 4.92. The third kappa shape index (κ3) is 2.49. The zero-order chi connectivity index (χ0) is 15.0. The lowest BCUT2D eigenvalue weighted by Gasteiger charge is -2.32. The number of rotatable bonds is 1. The fourth-order valence-corrected chi connectivity index (χ4v) is 3.60. The van der Waals surface area contributed by atoms with Crippen LogP contribution in [0.1, 0.15) is 39.2 Å². The number of carbonyl (C=O) groups excluding carboxylic acids is 1. The SMILES string of the molecule is C/C1=C2\COC\C2=C(/C)C(=O)CC(C)(c2ccccc2)C1. The Balaban J connectivity index is 2.10. The predicted octanol–water partition coefficient (Wildman–Crippen LogP) is 3.97. The molecule has 0 spiro atoms. The van der Waals surface area contributed by atoms with E-state index in [-0.39, 0.29) is 11.2 Å². The first-order valence-corrected chi connectivity index (χ1v) is 7.56. The second-order valence-corrected chi connectivity index (χ2v) is 6.56. The minimum absolute atomic E-state index is 0.134. The molecule has 0 N–H and O–H groups in total. The summed E-state index contributed by atoms with van der Waals surface area (Å²) < 4.78 is 5.60. The van der Waals surface area contributed by atoms with Gasteiger partial charge in [0.25, 0.3) is 0 Å². The summed E-state index contributed by atoms with van der Waals surface area (Å²) in [4.78, 5) is 12.7. The van der Waals surface area contributed by atoms with Crippen LogP contribution in [0.15, 0.2) is 52.6 Å². The maximum Gasteiger partial charge on any atom is 0.159 e. The van der Waals surface area contributed by atoms with Crippen molar-refractivity contribution in [3.8, 4) is 0 Å². The van der Waals surface area contributed by atoms with Crippen molar-refractivity contribution >= 4 is 5.78 Å². The monoisotopic (exact) mass is 282 g/mol. The van der Waals surface area contributed by atoms with Gasteiger partial charge in [0.1, 0.15) is 0 Å². The van der Waals surface area contributed by atoms with Gasteiger partial charge in [-0.05, 0) is 42.6 Å². The number of hydrogen-bond acceptors (Lipinski definition) is 2. The van der Waals surface area contributed by atoms with Crippen LogP contribution in [0, 0.1) is 0 Å². The molecule has 3 rings (SSSR count). The van der Waals surface area contributed by atoms with Crippen molar-refractivity contribution in [2.24, 2.45) is 0 Å². The third-order valence-electron chi connectivity index (χ3n) is 4.92. The first kappa shape index (κ1) is 14.3. The van der Waals surface area contributed by atoms with E-state index in [0.717, 1.165) is 17.6 Å². The highest BCUT2D eigenvalue weighted by Gasteiger charge is 2.35. The van der Waals surface area contributed by atoms with E-state index in [1.165, 1.54) is 16.7 Å². The van der Waals surface area contributed by atoms with E-state index >= 15 is 0 Å². The van der Waals surface area contributed by atoms with E-state index in [9.17, 15) is 4.79 Å². The fourth-order valence-electron chi connectivity index (χ4n) is 3.60. The van der Waals surface area contributed by atoms with Gasteiger partial charge >= 0.3 is 0 Å². The van der Waals surface area contributed by atoms with Crippen molar-refractivity contribution in [3.63, 3.8) is 0 Å². The Kier molecular flexibility index (Phi) is 3.58. The van der Waals surface area contributed by atoms with Crippen LogP contribution in [-0.2, 0) is 14.9 Å². The molecule has 1 aromatic carbocycles. The molecule has 1 atom stereocenters. The number of benzene rings is 1. The molecule has 110 valence electrons. The van der Waals surface area contributed by atoms with Crippen LogP contribution in [0.5, 0.6) is 0 Å². The van der Waals surface area contributed by atoms with Crippen LogP contribution in [0.4, 0.5) is 0 Å². The molecule has 1 heterocycles. The highest BCUT2D eigenvalue weighted by molar-refractivity contribution is 5.97. The van der Waals surface area contributed by atoms with E-state index < -0.39 is 0 Å². The molecule has 1 unspecified atom stereocenters. The van der Waals surface area contributed by atoms with E-state index in [1.54, 1.807) is 0 Å². The Labute approximate surface area is 126 Å². The van der Waals surface area contributed by atoms with Gasteiger partial charge in [0, 0.05) is 11.8 Å². The zero-order valence-electron chi connectivity index (χ0n) is 13.0. The van der Waals surface area contributed by atoms with Crippen molar-refractivity contribution in [3.05, 3.63) is 58.2 Å². The van der Waals surface area contributed by atoms with Crippen LogP contribution in [-0.4, -0.2) is 19.0 Å². The second kappa shape index (κ2) is 5.27. The van der Waals surface area contributed by atoms with E-state index in [4.69, 9.17) is 4.74 Å². The van der Waals surface area contributed by atoms with Crippen molar-refractivity contribution in [1.82, 2.24) is 0 Å². The fraction of sp³-hybridized carbons (Fsp3) is 0.421. The summed E-state index contributed by atoms with van der Waals surface area (Å²) in [6.07, 6.45) is 1.48. The zero-order valence-corrected chi connectivity index (χ0v) is 13.0. The number of fused-ring (bicyclic) bond motifs is 1. The highest BCUT2D eigenvalue weighted by Crippen LogP contribution is 2.40. The summed E-state index contributed by atoms with van der Waals surface area (Å²) in [5.74, 6) is 0.256. The van der Waals surface area contributed by atoms with Gasteiger partial charge in [0.2, 0.25) is 0 Å². The maximum absolute atomic E-state index is 12.7. The average molecular weight is 282 g/mol. The van der Waals surface area contributed by atoms with Gasteiger partial charge in [-0.15, -0.1) is 0 Å². The molecule has 0 saturated carbocycles. The molecule has 1 saturated heterocycles. The Morgan fingerprint density at radius 1 is 1.00 bits per heavy atom. The molecule has 1 aromatic rings. The first-order chi connectivity index (χ1) is 10.0. The number of carbonyl (C=O) groups is 1. The largest absolute Gasteiger partial charge is 0.372 e. The second-order valence-electron chi connectivity index (χ2n) is 6.56. The van der Waals surface area contributed by atoms with E-state index in [1.807, 2.05) is 13.0 Å². The molecule has 2 aliphatic rings. The van der Waals surface area contributed by atoms with Crippen LogP contribution in [0.3, 0.4) is 0 Å². The predicted molar refractivity (Wildman–Crippen MR) is 84.3 cm³/mol. The summed E-state index contributed by atoms with van der Waals surface area (Å²) in [6, 6.07) is 10.4. The number of ketones is 1. The minimum atomic E-state index is -0.134. The van der Waals surface area contributed by atoms with Gasteiger partial charge < -0.3 is 4.74 Å². The standard InChI is InChI=1S/C19H22O2/c1-13-9-19(3,15-7-5-4-6-8-15)10-18(20)14(2)17-12-21-11-16(13)17/h4-8H,9-12H2,1-3H3/b16-13-,17-14-. The molecule has 1 aliphatic carbocycles. The van der Waals surface area contributed by atoms with Gasteiger partial charge in [0.15, 0.2) is 5.78 Å². The number of allylic oxidation sites excluding steroid dienone is 2. The topological polar surface area (TPSA) is 26.3 Å². The molecule has 0 aromatic heterocycles. The number of Topliss-reactive ketones (excluding diaryl/α,β-unsaturated/α-hetero) is 1. The highest BCUT2D eigenvalue weighted by atomic mass is 16.5. The molecular formula is C19H22O2. The van der Waals surface area contributed by atoms with Gasteiger partial charge in [0.05, 0.1) is 13.2 Å². The van der Waals surface area contributed by atoms with Crippen molar-refractivity contribution in [1.29, 1.82) is 0 Å². The molecule has 0 amide bonds. The Morgan fingerprint density at radius 2 is 1.67 bits per heavy atom. The van der Waals surface area contributed by atoms with Crippen LogP contribution >= 0.6 is 0 Å². The molecular weight excluding hydrogens is 260 g/mol. The van der Waals surface area contributed by atoms with Gasteiger partial charge in [-0.1, -0.05) is 42.8 Å². The average Bonchev–Trinajstić information content (AvgIpc) is 2.95. The molecule has 0 radical (unpaired) electrons. The smallest absolute Gasteiger partial charge is 0.159 e. The lowest BCUT2D eigenvalue weighted by molar-refractivity contribution is -0.116. The first-order valence-electron chi connectivity index (χ1n) is 7.56. The Bertz CT molecular complexity index is 637. The summed E-state index contributed by atoms with van der Waals surface area (Å²) >= 11 is 0. The number of ether oxygens (including phenoxy) is 1. The molecule has 2 heteroatoms. The number of hydrogen-bond donors (Lipinski definition) is 0. The minimum Gasteiger partial charge on any atom is -0.372 e. The van der Waals surface area contributed by atoms with Gasteiger partial charge in [-0.25, -0.2) is 0 Å². The van der Waals surface area contributed by atoms with E-state index in [2.05, 4.69) is 38.1 Å². The van der Waals surface area contributed by atoms with Gasteiger partial charge in [-0.3, -0.25) is 4.79 Å². The lowest BCUT2D eigenvalue weighted by Crippen LogP contribution is -2.29. The van der Waals surface area contributed by atoms with E-state index in [0.29, 0.717) is 19.6 Å².